The summed E-state index contributed by atoms with van der Waals surface area (Å²) >= 11 is 1.56. The normalized spacial score (nSPS) is 15.1. The van der Waals surface area contributed by atoms with Crippen LogP contribution in [-0.4, -0.2) is 32.9 Å². The quantitative estimate of drug-likeness (QED) is 0.724. The maximum absolute atomic E-state index is 12.7. The van der Waals surface area contributed by atoms with Gasteiger partial charge in [-0.05, 0) is 56.1 Å². The molecule has 1 N–H and O–H groups in total. The summed E-state index contributed by atoms with van der Waals surface area (Å²) in [6, 6.07) is 5.93. The highest BCUT2D eigenvalue weighted by atomic mass is 32.1. The van der Waals surface area contributed by atoms with E-state index in [1.54, 1.807) is 23.7 Å². The number of hydrogen-bond acceptors (Lipinski definition) is 5. The van der Waals surface area contributed by atoms with E-state index in [2.05, 4.69) is 27.9 Å². The minimum Gasteiger partial charge on any atom is -0.325 e. The molecule has 0 unspecified atom stereocenters. The van der Waals surface area contributed by atoms with Crippen molar-refractivity contribution in [1.29, 1.82) is 0 Å². The molecule has 5 nitrogen and oxygen atoms in total. The molecule has 4 rings (SSSR count). The molecule has 4 heterocycles. The Morgan fingerprint density at radius 1 is 1.19 bits per heavy atom. The number of H-pyrrole nitrogens is 1. The first-order valence-corrected chi connectivity index (χ1v) is 10.5. The molecule has 3 aromatic heterocycles. The van der Waals surface area contributed by atoms with Crippen molar-refractivity contribution >= 4 is 11.3 Å². The highest BCUT2D eigenvalue weighted by Gasteiger charge is 2.16. The summed E-state index contributed by atoms with van der Waals surface area (Å²) in [6.45, 7) is 5.27. The van der Waals surface area contributed by atoms with E-state index < -0.39 is 0 Å². The van der Waals surface area contributed by atoms with Gasteiger partial charge in [0.15, 0.2) is 0 Å². The van der Waals surface area contributed by atoms with E-state index in [0.29, 0.717) is 5.56 Å². The van der Waals surface area contributed by atoms with Gasteiger partial charge in [-0.1, -0.05) is 13.3 Å². The van der Waals surface area contributed by atoms with Crippen molar-refractivity contribution in [2.75, 3.05) is 13.1 Å². The Hall–Kier alpha value is -2.31. The second kappa shape index (κ2) is 8.15. The number of likely N-dealkylation sites (tertiary alicyclic amines) is 1. The van der Waals surface area contributed by atoms with Crippen molar-refractivity contribution in [2.45, 2.75) is 39.2 Å². The molecule has 0 aliphatic carbocycles. The van der Waals surface area contributed by atoms with Gasteiger partial charge in [-0.25, -0.2) is 4.98 Å². The minimum absolute atomic E-state index is 0.0548. The third-order valence-corrected chi connectivity index (χ3v) is 6.01. The van der Waals surface area contributed by atoms with Gasteiger partial charge in [0.25, 0.3) is 5.56 Å². The van der Waals surface area contributed by atoms with Gasteiger partial charge in [-0.2, -0.15) is 0 Å². The van der Waals surface area contributed by atoms with E-state index in [1.165, 1.54) is 24.8 Å². The second-order valence-corrected chi connectivity index (χ2v) is 7.84. The average molecular weight is 381 g/mol. The number of rotatable bonds is 5. The maximum Gasteiger partial charge on any atom is 0.257 e. The Bertz CT molecular complexity index is 958. The van der Waals surface area contributed by atoms with Crippen LogP contribution >= 0.6 is 11.3 Å². The van der Waals surface area contributed by atoms with E-state index in [-0.39, 0.29) is 5.56 Å². The zero-order chi connectivity index (χ0) is 18.6. The van der Waals surface area contributed by atoms with Crippen LogP contribution in [0.3, 0.4) is 0 Å². The van der Waals surface area contributed by atoms with Gasteiger partial charge < -0.3 is 4.98 Å². The summed E-state index contributed by atoms with van der Waals surface area (Å²) in [5, 5.41) is 2.88. The van der Waals surface area contributed by atoms with E-state index in [9.17, 15) is 4.79 Å². The molecule has 0 saturated carbocycles. The predicted molar refractivity (Wildman–Crippen MR) is 110 cm³/mol. The maximum atomic E-state index is 12.7. The van der Waals surface area contributed by atoms with Gasteiger partial charge in [0.05, 0.1) is 11.3 Å². The number of piperidine rings is 1. The molecule has 27 heavy (non-hydrogen) atoms. The number of aromatic nitrogens is 3. The number of aromatic amines is 1. The van der Waals surface area contributed by atoms with Crippen LogP contribution < -0.4 is 5.56 Å². The standard InChI is InChI=1S/C21H24N4OS/c1-2-18-16(13-25-10-4-3-5-11-25)12-17(20(26)23-18)19-14-27-21(24-19)15-6-8-22-9-7-15/h6-9,12,14H,2-5,10-11,13H2,1H3,(H,23,26). The van der Waals surface area contributed by atoms with Crippen molar-refractivity contribution in [1.82, 2.24) is 19.9 Å². The van der Waals surface area contributed by atoms with Crippen molar-refractivity contribution in [2.24, 2.45) is 0 Å². The molecular weight excluding hydrogens is 356 g/mol. The third kappa shape index (κ3) is 4.01. The van der Waals surface area contributed by atoms with Gasteiger partial charge in [-0.15, -0.1) is 11.3 Å². The fourth-order valence-electron chi connectivity index (χ4n) is 3.64. The SMILES string of the molecule is CCc1[nH]c(=O)c(-c2csc(-c3ccncc3)n2)cc1CN1CCCCC1. The van der Waals surface area contributed by atoms with Gasteiger partial charge in [0, 0.05) is 35.6 Å². The van der Waals surface area contributed by atoms with Crippen LogP contribution in [0.2, 0.25) is 0 Å². The Kier molecular flexibility index (Phi) is 5.45. The Labute approximate surface area is 163 Å². The van der Waals surface area contributed by atoms with Crippen LogP contribution in [0.4, 0.5) is 0 Å². The lowest BCUT2D eigenvalue weighted by Crippen LogP contribution is -2.30. The summed E-state index contributed by atoms with van der Waals surface area (Å²) in [7, 11) is 0. The summed E-state index contributed by atoms with van der Waals surface area (Å²) in [4.78, 5) is 27.0. The highest BCUT2D eigenvalue weighted by Crippen LogP contribution is 2.28. The first-order chi connectivity index (χ1) is 13.2. The molecule has 0 spiro atoms. The zero-order valence-corrected chi connectivity index (χ0v) is 16.4. The molecule has 6 heteroatoms. The van der Waals surface area contributed by atoms with Crippen LogP contribution in [0.25, 0.3) is 21.8 Å². The first kappa shape index (κ1) is 18.1. The van der Waals surface area contributed by atoms with Gasteiger partial charge in [0.2, 0.25) is 0 Å². The first-order valence-electron chi connectivity index (χ1n) is 9.58. The Balaban J connectivity index is 1.67. The number of aryl methyl sites for hydroxylation is 1. The Morgan fingerprint density at radius 3 is 2.70 bits per heavy atom. The molecule has 1 fully saturated rings. The molecule has 0 aromatic carbocycles. The molecule has 0 atom stereocenters. The number of thiazole rings is 1. The lowest BCUT2D eigenvalue weighted by Gasteiger charge is -2.27. The topological polar surface area (TPSA) is 61.9 Å². The van der Waals surface area contributed by atoms with Crippen molar-refractivity contribution in [3.05, 3.63) is 57.6 Å². The Morgan fingerprint density at radius 2 is 1.96 bits per heavy atom. The lowest BCUT2D eigenvalue weighted by atomic mass is 10.0. The number of hydrogen-bond donors (Lipinski definition) is 1. The van der Waals surface area contributed by atoms with E-state index >= 15 is 0 Å². The molecule has 140 valence electrons. The molecule has 0 bridgehead atoms. The second-order valence-electron chi connectivity index (χ2n) is 6.98. The number of nitrogens with zero attached hydrogens (tertiary/aromatic N) is 3. The average Bonchev–Trinajstić information content (AvgIpc) is 3.20. The third-order valence-electron chi connectivity index (χ3n) is 5.12. The van der Waals surface area contributed by atoms with E-state index in [0.717, 1.165) is 48.0 Å². The summed E-state index contributed by atoms with van der Waals surface area (Å²) in [6.07, 6.45) is 8.20. The largest absolute Gasteiger partial charge is 0.325 e. The molecule has 0 radical (unpaired) electrons. The number of nitrogens with one attached hydrogen (secondary N) is 1. The molecule has 1 saturated heterocycles. The molecule has 1 aliphatic rings. The van der Waals surface area contributed by atoms with Gasteiger partial charge in [0.1, 0.15) is 5.01 Å². The highest BCUT2D eigenvalue weighted by molar-refractivity contribution is 7.13. The van der Waals surface area contributed by atoms with Crippen molar-refractivity contribution < 1.29 is 0 Å². The fraction of sp³-hybridized carbons (Fsp3) is 0.381. The minimum atomic E-state index is -0.0548. The molecular formula is C21H24N4OS. The lowest BCUT2D eigenvalue weighted by molar-refractivity contribution is 0.220. The zero-order valence-electron chi connectivity index (χ0n) is 15.6. The van der Waals surface area contributed by atoms with Crippen LogP contribution in [0, 0.1) is 0 Å². The fourth-order valence-corrected chi connectivity index (χ4v) is 4.47. The van der Waals surface area contributed by atoms with E-state index in [1.807, 2.05) is 17.5 Å². The smallest absolute Gasteiger partial charge is 0.257 e. The van der Waals surface area contributed by atoms with Crippen molar-refractivity contribution in [3.63, 3.8) is 0 Å². The van der Waals surface area contributed by atoms with Crippen LogP contribution in [0.5, 0.6) is 0 Å². The van der Waals surface area contributed by atoms with Crippen molar-refractivity contribution in [3.8, 4) is 21.8 Å². The van der Waals surface area contributed by atoms with Gasteiger partial charge >= 0.3 is 0 Å². The molecule has 0 amide bonds. The van der Waals surface area contributed by atoms with Crippen LogP contribution in [0.1, 0.15) is 37.4 Å². The predicted octanol–water partition coefficient (Wildman–Crippen LogP) is 4.11. The summed E-state index contributed by atoms with van der Waals surface area (Å²) < 4.78 is 0. The number of pyridine rings is 2. The monoisotopic (exact) mass is 380 g/mol. The van der Waals surface area contributed by atoms with E-state index in [4.69, 9.17) is 4.98 Å². The molecule has 1 aliphatic heterocycles. The summed E-state index contributed by atoms with van der Waals surface area (Å²) in [5.74, 6) is 0. The summed E-state index contributed by atoms with van der Waals surface area (Å²) in [5.41, 5.74) is 4.63. The van der Waals surface area contributed by atoms with Crippen LogP contribution in [-0.2, 0) is 13.0 Å². The van der Waals surface area contributed by atoms with Crippen LogP contribution in [0.15, 0.2) is 40.8 Å². The van der Waals surface area contributed by atoms with Gasteiger partial charge in [-0.3, -0.25) is 14.7 Å². The molecule has 3 aromatic rings.